The summed E-state index contributed by atoms with van der Waals surface area (Å²) < 4.78 is 38.4. The average molecular weight is 379 g/mol. The van der Waals surface area contributed by atoms with E-state index < -0.39 is 17.6 Å². The maximum atomic E-state index is 12.8. The van der Waals surface area contributed by atoms with Crippen molar-refractivity contribution in [1.82, 2.24) is 0 Å². The van der Waals surface area contributed by atoms with Crippen molar-refractivity contribution >= 4 is 34.8 Å². The van der Waals surface area contributed by atoms with E-state index in [1.54, 1.807) is 0 Å². The third kappa shape index (κ3) is 5.84. The predicted molar refractivity (Wildman–Crippen MR) is 94.4 cm³/mol. The lowest BCUT2D eigenvalue weighted by Gasteiger charge is -2.12. The van der Waals surface area contributed by atoms with Crippen LogP contribution in [0.1, 0.15) is 29.8 Å². The van der Waals surface area contributed by atoms with E-state index in [4.69, 9.17) is 0 Å². The third-order valence-electron chi connectivity index (χ3n) is 3.28. The molecule has 0 aliphatic heterocycles. The first-order chi connectivity index (χ1) is 12.5. The van der Waals surface area contributed by atoms with Crippen LogP contribution < -0.4 is 16.0 Å². The van der Waals surface area contributed by atoms with Crippen LogP contribution in [0.2, 0.25) is 0 Å². The van der Waals surface area contributed by atoms with E-state index in [1.165, 1.54) is 44.2 Å². The Kier molecular flexibility index (Phi) is 5.84. The summed E-state index contributed by atoms with van der Waals surface area (Å²) in [4.78, 5) is 34.9. The van der Waals surface area contributed by atoms with Gasteiger partial charge in [-0.2, -0.15) is 13.2 Å². The molecule has 0 spiro atoms. The zero-order chi connectivity index (χ0) is 20.2. The van der Waals surface area contributed by atoms with Crippen LogP contribution in [0.5, 0.6) is 0 Å². The molecule has 27 heavy (non-hydrogen) atoms. The van der Waals surface area contributed by atoms with Crippen molar-refractivity contribution in [1.29, 1.82) is 0 Å². The molecule has 0 atom stereocenters. The normalized spacial score (nSPS) is 10.9. The number of hydrogen-bond donors (Lipinski definition) is 3. The molecule has 142 valence electrons. The summed E-state index contributed by atoms with van der Waals surface area (Å²) in [7, 11) is 0. The van der Waals surface area contributed by atoms with Crippen molar-refractivity contribution in [2.75, 3.05) is 16.0 Å². The molecule has 0 saturated heterocycles. The molecule has 0 unspecified atom stereocenters. The van der Waals surface area contributed by atoms with Gasteiger partial charge in [-0.05, 0) is 36.4 Å². The summed E-state index contributed by atoms with van der Waals surface area (Å²) in [5, 5.41) is 7.34. The Morgan fingerprint density at radius 1 is 0.778 bits per heavy atom. The van der Waals surface area contributed by atoms with Gasteiger partial charge >= 0.3 is 6.18 Å². The minimum atomic E-state index is -4.54. The molecular weight excluding hydrogens is 363 g/mol. The van der Waals surface area contributed by atoms with Crippen LogP contribution in [0.3, 0.4) is 0 Å². The number of hydrogen-bond acceptors (Lipinski definition) is 3. The molecule has 3 amide bonds. The zero-order valence-electron chi connectivity index (χ0n) is 14.4. The second-order valence-electron chi connectivity index (χ2n) is 5.69. The highest BCUT2D eigenvalue weighted by molar-refractivity contribution is 6.06. The van der Waals surface area contributed by atoms with E-state index in [9.17, 15) is 27.6 Å². The highest BCUT2D eigenvalue weighted by atomic mass is 19.4. The number of carbonyl (C=O) groups is 3. The molecule has 0 aliphatic carbocycles. The number of halogens is 3. The molecular formula is C18H16F3N3O3. The molecule has 0 radical (unpaired) electrons. The second kappa shape index (κ2) is 7.90. The van der Waals surface area contributed by atoms with Gasteiger partial charge in [-0.1, -0.05) is 6.07 Å². The number of amides is 3. The molecule has 2 rings (SSSR count). The Hall–Kier alpha value is -3.36. The van der Waals surface area contributed by atoms with Crippen molar-refractivity contribution in [2.24, 2.45) is 0 Å². The molecule has 2 aromatic rings. The van der Waals surface area contributed by atoms with Crippen LogP contribution in [0, 0.1) is 0 Å². The maximum Gasteiger partial charge on any atom is 0.416 e. The quantitative estimate of drug-likeness (QED) is 0.754. The number of benzene rings is 2. The lowest BCUT2D eigenvalue weighted by atomic mass is 10.1. The fourth-order valence-electron chi connectivity index (χ4n) is 2.29. The van der Waals surface area contributed by atoms with Gasteiger partial charge in [0.2, 0.25) is 11.8 Å². The molecule has 0 aliphatic rings. The zero-order valence-corrected chi connectivity index (χ0v) is 14.4. The summed E-state index contributed by atoms with van der Waals surface area (Å²) in [6.07, 6.45) is -4.54. The van der Waals surface area contributed by atoms with Crippen LogP contribution in [-0.2, 0) is 15.8 Å². The molecule has 9 heteroatoms. The number of carbonyl (C=O) groups excluding carboxylic acids is 3. The number of rotatable bonds is 4. The topological polar surface area (TPSA) is 87.3 Å². The highest BCUT2D eigenvalue weighted by Gasteiger charge is 2.30. The first kappa shape index (κ1) is 20.0. The fourth-order valence-corrected chi connectivity index (χ4v) is 2.29. The standard InChI is InChI=1S/C18H16F3N3O3/c1-10(25)22-15-6-12(7-16(9-15)23-11(2)26)17(27)24-14-5-3-4-13(8-14)18(19,20)21/h3-9H,1-2H3,(H,22,25)(H,23,26)(H,24,27). The van der Waals surface area contributed by atoms with Crippen molar-refractivity contribution in [2.45, 2.75) is 20.0 Å². The summed E-state index contributed by atoms with van der Waals surface area (Å²) in [6, 6.07) is 8.33. The molecule has 0 heterocycles. The molecule has 6 nitrogen and oxygen atoms in total. The van der Waals surface area contributed by atoms with E-state index in [0.29, 0.717) is 0 Å². The smallest absolute Gasteiger partial charge is 0.326 e. The highest BCUT2D eigenvalue weighted by Crippen LogP contribution is 2.31. The minimum Gasteiger partial charge on any atom is -0.326 e. The molecule has 0 aromatic heterocycles. The largest absolute Gasteiger partial charge is 0.416 e. The van der Waals surface area contributed by atoms with Gasteiger partial charge in [0.15, 0.2) is 0 Å². The number of alkyl halides is 3. The molecule has 0 saturated carbocycles. The SMILES string of the molecule is CC(=O)Nc1cc(NC(C)=O)cc(C(=O)Nc2cccc(C(F)(F)F)c2)c1. The summed E-state index contributed by atoms with van der Waals surface area (Å²) in [6.45, 7) is 2.54. The Morgan fingerprint density at radius 2 is 1.33 bits per heavy atom. The van der Waals surface area contributed by atoms with Crippen molar-refractivity contribution in [3.63, 3.8) is 0 Å². The maximum absolute atomic E-state index is 12.8. The minimum absolute atomic E-state index is 0.0409. The van der Waals surface area contributed by atoms with Gasteiger partial charge in [0.1, 0.15) is 0 Å². The van der Waals surface area contributed by atoms with Gasteiger partial charge in [-0.15, -0.1) is 0 Å². The second-order valence-corrected chi connectivity index (χ2v) is 5.69. The Labute approximate surface area is 152 Å². The van der Waals surface area contributed by atoms with E-state index in [0.717, 1.165) is 12.1 Å². The first-order valence-electron chi connectivity index (χ1n) is 7.73. The van der Waals surface area contributed by atoms with Crippen molar-refractivity contribution in [3.8, 4) is 0 Å². The van der Waals surface area contributed by atoms with Crippen molar-refractivity contribution in [3.05, 3.63) is 53.6 Å². The van der Waals surface area contributed by atoms with Gasteiger partial charge in [-0.25, -0.2) is 0 Å². The van der Waals surface area contributed by atoms with Gasteiger partial charge in [0.05, 0.1) is 5.56 Å². The fraction of sp³-hybridized carbons (Fsp3) is 0.167. The summed E-state index contributed by atoms with van der Waals surface area (Å²) in [5.41, 5.74) is -0.389. The van der Waals surface area contributed by atoms with Crippen LogP contribution in [0.25, 0.3) is 0 Å². The predicted octanol–water partition coefficient (Wildman–Crippen LogP) is 3.87. The van der Waals surface area contributed by atoms with Gasteiger partial charge in [-0.3, -0.25) is 14.4 Å². The molecule has 0 bridgehead atoms. The van der Waals surface area contributed by atoms with Crippen LogP contribution in [0.4, 0.5) is 30.2 Å². The number of anilines is 3. The van der Waals surface area contributed by atoms with Gasteiger partial charge in [0.25, 0.3) is 5.91 Å². The summed E-state index contributed by atoms with van der Waals surface area (Å²) >= 11 is 0. The lowest BCUT2D eigenvalue weighted by molar-refractivity contribution is -0.137. The van der Waals surface area contributed by atoms with Crippen LogP contribution >= 0.6 is 0 Å². The Balaban J connectivity index is 2.31. The van der Waals surface area contributed by atoms with Crippen LogP contribution in [0.15, 0.2) is 42.5 Å². The Morgan fingerprint density at radius 3 is 1.81 bits per heavy atom. The molecule has 0 fully saturated rings. The monoisotopic (exact) mass is 379 g/mol. The third-order valence-corrected chi connectivity index (χ3v) is 3.28. The number of nitrogens with one attached hydrogen (secondary N) is 3. The lowest BCUT2D eigenvalue weighted by Crippen LogP contribution is -2.15. The van der Waals surface area contributed by atoms with E-state index in [1.807, 2.05) is 0 Å². The van der Waals surface area contributed by atoms with Crippen molar-refractivity contribution < 1.29 is 27.6 Å². The van der Waals surface area contributed by atoms with Gasteiger partial charge < -0.3 is 16.0 Å². The van der Waals surface area contributed by atoms with E-state index in [-0.39, 0.29) is 34.4 Å². The Bertz CT molecular complexity index is 861. The molecule has 2 aromatic carbocycles. The average Bonchev–Trinajstić information content (AvgIpc) is 2.52. The molecule has 3 N–H and O–H groups in total. The van der Waals surface area contributed by atoms with E-state index in [2.05, 4.69) is 16.0 Å². The van der Waals surface area contributed by atoms with Crippen LogP contribution in [-0.4, -0.2) is 17.7 Å². The summed E-state index contributed by atoms with van der Waals surface area (Å²) in [5.74, 6) is -1.48. The van der Waals surface area contributed by atoms with Gasteiger partial charge in [0, 0.05) is 36.5 Å². The van der Waals surface area contributed by atoms with E-state index >= 15 is 0 Å². The first-order valence-corrected chi connectivity index (χ1v) is 7.73.